The van der Waals surface area contributed by atoms with Crippen LogP contribution in [-0.4, -0.2) is 106 Å². The lowest BCUT2D eigenvalue weighted by atomic mass is 10.0. The van der Waals surface area contributed by atoms with Crippen molar-refractivity contribution in [2.24, 2.45) is 5.92 Å². The smallest absolute Gasteiger partial charge is 0.222 e. The van der Waals surface area contributed by atoms with Crippen molar-refractivity contribution < 1.29 is 19.4 Å². The van der Waals surface area contributed by atoms with Crippen LogP contribution in [0.1, 0.15) is 45.2 Å². The largest absolute Gasteiger partial charge is 0.394 e. The molecule has 0 fully saturated rings. The minimum atomic E-state index is -0.277. The fourth-order valence-electron chi connectivity index (χ4n) is 3.86. The molecule has 0 unspecified atom stereocenters. The lowest BCUT2D eigenvalue weighted by molar-refractivity contribution is -0.138. The van der Waals surface area contributed by atoms with E-state index in [2.05, 4.69) is 15.2 Å². The second-order valence-electron chi connectivity index (χ2n) is 9.14. The second-order valence-corrected chi connectivity index (χ2v) is 9.14. The van der Waals surface area contributed by atoms with Gasteiger partial charge in [0, 0.05) is 45.4 Å². The van der Waals surface area contributed by atoms with Crippen LogP contribution in [0.2, 0.25) is 0 Å². The summed E-state index contributed by atoms with van der Waals surface area (Å²) in [5.74, 6) is 0.0540. The van der Waals surface area contributed by atoms with Gasteiger partial charge in [0.2, 0.25) is 11.8 Å². The third kappa shape index (κ3) is 7.83. The van der Waals surface area contributed by atoms with Gasteiger partial charge in [-0.1, -0.05) is 12.1 Å². The fraction of sp³-hybridized carbons (Fsp3) is 0.818. The molecule has 1 aliphatic heterocycles. The van der Waals surface area contributed by atoms with Crippen LogP contribution >= 0.6 is 0 Å². The van der Waals surface area contributed by atoms with E-state index in [0.29, 0.717) is 45.5 Å². The van der Waals surface area contributed by atoms with E-state index in [-0.39, 0.29) is 36.5 Å². The molecule has 32 heavy (non-hydrogen) atoms. The Balaban J connectivity index is 2.15. The first kappa shape index (κ1) is 26.2. The molecule has 0 aliphatic carbocycles. The van der Waals surface area contributed by atoms with Crippen molar-refractivity contribution in [3.05, 3.63) is 11.9 Å². The molecule has 3 atom stereocenters. The number of carbonyl (C=O) groups excluding carboxylic acids is 2. The second kappa shape index (κ2) is 12.9. The Bertz CT molecular complexity index is 725. The summed E-state index contributed by atoms with van der Waals surface area (Å²) < 4.78 is 8.04. The van der Waals surface area contributed by atoms with Crippen molar-refractivity contribution >= 4 is 11.8 Å². The molecular formula is C22H40N6O4. The molecule has 0 bridgehead atoms. The SMILES string of the molecule is C[C@@H]1CN([C@H](C)CO)C(=O)CCCn2nncc2CO[C@H]1CN(C)C(=O)CCCN(C)C. The highest BCUT2D eigenvalue weighted by Crippen LogP contribution is 2.18. The third-order valence-electron chi connectivity index (χ3n) is 6.02. The molecule has 10 heteroatoms. The Morgan fingerprint density at radius 3 is 2.81 bits per heavy atom. The number of aliphatic hydroxyl groups excluding tert-OH is 1. The third-order valence-corrected chi connectivity index (χ3v) is 6.02. The fourth-order valence-corrected chi connectivity index (χ4v) is 3.86. The van der Waals surface area contributed by atoms with Crippen LogP contribution in [0.3, 0.4) is 0 Å². The zero-order valence-electron chi connectivity index (χ0n) is 20.2. The maximum atomic E-state index is 12.9. The van der Waals surface area contributed by atoms with Gasteiger partial charge in [0.25, 0.3) is 0 Å². The van der Waals surface area contributed by atoms with Crippen molar-refractivity contribution in [3.63, 3.8) is 0 Å². The molecule has 1 aliphatic rings. The van der Waals surface area contributed by atoms with Crippen LogP contribution < -0.4 is 0 Å². The highest BCUT2D eigenvalue weighted by molar-refractivity contribution is 5.76. The molecule has 1 aromatic rings. The molecule has 0 spiro atoms. The minimum absolute atomic E-state index is 0.00695. The van der Waals surface area contributed by atoms with Gasteiger partial charge in [-0.05, 0) is 40.4 Å². The van der Waals surface area contributed by atoms with E-state index in [4.69, 9.17) is 4.74 Å². The standard InChI is InChI=1S/C22H40N6O4/c1-17-13-27(18(2)15-29)22(31)9-7-11-28-19(12-23-24-28)16-32-20(17)14-26(5)21(30)8-6-10-25(3)4/h12,17-18,20,29H,6-11,13-16H2,1-5H3/t17-,18-,20+/m1/s1. The van der Waals surface area contributed by atoms with Crippen molar-refractivity contribution in [1.29, 1.82) is 0 Å². The molecule has 0 saturated heterocycles. The van der Waals surface area contributed by atoms with Gasteiger partial charge in [0.15, 0.2) is 0 Å². The van der Waals surface area contributed by atoms with Gasteiger partial charge in [-0.15, -0.1) is 5.10 Å². The molecule has 182 valence electrons. The van der Waals surface area contributed by atoms with Gasteiger partial charge in [0.1, 0.15) is 0 Å². The maximum absolute atomic E-state index is 12.9. The molecular weight excluding hydrogens is 412 g/mol. The molecule has 2 heterocycles. The topological polar surface area (TPSA) is 104 Å². The molecule has 0 radical (unpaired) electrons. The van der Waals surface area contributed by atoms with Crippen molar-refractivity contribution in [2.75, 3.05) is 47.4 Å². The summed E-state index contributed by atoms with van der Waals surface area (Å²) in [6, 6.07) is -0.277. The first-order chi connectivity index (χ1) is 15.2. The number of ether oxygens (including phenoxy) is 1. The summed E-state index contributed by atoms with van der Waals surface area (Å²) in [6.07, 6.45) is 3.72. The van der Waals surface area contributed by atoms with Gasteiger partial charge < -0.3 is 24.5 Å². The number of hydrogen-bond acceptors (Lipinski definition) is 7. The summed E-state index contributed by atoms with van der Waals surface area (Å²) in [4.78, 5) is 31.1. The number of hydrogen-bond donors (Lipinski definition) is 1. The van der Waals surface area contributed by atoms with E-state index < -0.39 is 0 Å². The average molecular weight is 453 g/mol. The Morgan fingerprint density at radius 1 is 1.38 bits per heavy atom. The Morgan fingerprint density at radius 2 is 2.12 bits per heavy atom. The van der Waals surface area contributed by atoms with Gasteiger partial charge in [-0.3, -0.25) is 9.59 Å². The normalized spacial score (nSPS) is 21.6. The molecule has 2 amide bonds. The number of aromatic nitrogens is 3. The van der Waals surface area contributed by atoms with E-state index in [1.54, 1.807) is 27.7 Å². The summed E-state index contributed by atoms with van der Waals surface area (Å²) in [7, 11) is 5.79. The Kier molecular flexibility index (Phi) is 10.5. The Labute approximate surface area is 191 Å². The summed E-state index contributed by atoms with van der Waals surface area (Å²) in [5.41, 5.74) is 0.857. The van der Waals surface area contributed by atoms with Gasteiger partial charge in [-0.2, -0.15) is 0 Å². The van der Waals surface area contributed by atoms with Crippen molar-refractivity contribution in [1.82, 2.24) is 29.7 Å². The van der Waals surface area contributed by atoms with Crippen LogP contribution in [-0.2, 0) is 27.5 Å². The number of aliphatic hydroxyl groups is 1. The van der Waals surface area contributed by atoms with E-state index in [1.807, 2.05) is 27.9 Å². The molecule has 0 saturated carbocycles. The van der Waals surface area contributed by atoms with E-state index in [0.717, 1.165) is 18.7 Å². The highest BCUT2D eigenvalue weighted by atomic mass is 16.5. The zero-order chi connectivity index (χ0) is 23.7. The lowest BCUT2D eigenvalue weighted by Gasteiger charge is -2.35. The van der Waals surface area contributed by atoms with Crippen LogP contribution in [0.5, 0.6) is 0 Å². The van der Waals surface area contributed by atoms with Crippen molar-refractivity contribution in [3.8, 4) is 0 Å². The molecule has 2 rings (SSSR count). The summed E-state index contributed by atoms with van der Waals surface area (Å²) in [5, 5.41) is 17.8. The number of nitrogens with zero attached hydrogens (tertiary/aromatic N) is 6. The van der Waals surface area contributed by atoms with Crippen LogP contribution in [0.15, 0.2) is 6.20 Å². The van der Waals surface area contributed by atoms with Crippen LogP contribution in [0.4, 0.5) is 0 Å². The molecule has 0 aromatic carbocycles. The van der Waals surface area contributed by atoms with Gasteiger partial charge >= 0.3 is 0 Å². The van der Waals surface area contributed by atoms with Crippen LogP contribution in [0.25, 0.3) is 0 Å². The van der Waals surface area contributed by atoms with Crippen molar-refractivity contribution in [2.45, 2.75) is 64.8 Å². The van der Waals surface area contributed by atoms with E-state index in [9.17, 15) is 14.7 Å². The first-order valence-corrected chi connectivity index (χ1v) is 11.5. The van der Waals surface area contributed by atoms with Crippen LogP contribution in [0, 0.1) is 5.92 Å². The van der Waals surface area contributed by atoms with E-state index in [1.165, 1.54) is 0 Å². The number of carbonyl (C=O) groups is 2. The highest BCUT2D eigenvalue weighted by Gasteiger charge is 2.29. The zero-order valence-corrected chi connectivity index (χ0v) is 20.2. The van der Waals surface area contributed by atoms with Gasteiger partial charge in [-0.25, -0.2) is 4.68 Å². The number of aryl methyl sites for hydroxylation is 1. The maximum Gasteiger partial charge on any atom is 0.222 e. The molecule has 10 nitrogen and oxygen atoms in total. The quantitative estimate of drug-likeness (QED) is 0.616. The molecule has 1 N–H and O–H groups in total. The number of fused-ring (bicyclic) bond motifs is 1. The molecule has 1 aromatic heterocycles. The predicted molar refractivity (Wildman–Crippen MR) is 121 cm³/mol. The Hall–Kier alpha value is -2.04. The first-order valence-electron chi connectivity index (χ1n) is 11.5. The number of rotatable bonds is 8. The number of amides is 2. The van der Waals surface area contributed by atoms with E-state index >= 15 is 0 Å². The summed E-state index contributed by atoms with van der Waals surface area (Å²) >= 11 is 0. The summed E-state index contributed by atoms with van der Waals surface area (Å²) in [6.45, 7) is 6.46. The number of likely N-dealkylation sites (N-methyl/N-ethyl adjacent to an activating group) is 1. The minimum Gasteiger partial charge on any atom is -0.394 e. The monoisotopic (exact) mass is 452 g/mol. The lowest BCUT2D eigenvalue weighted by Crippen LogP contribution is -2.48. The predicted octanol–water partition coefficient (Wildman–Crippen LogP) is 0.603. The van der Waals surface area contributed by atoms with Gasteiger partial charge in [0.05, 0.1) is 37.3 Å². The average Bonchev–Trinajstić information content (AvgIpc) is 3.19.